The Kier molecular flexibility index (Phi) is 4.99. The van der Waals surface area contributed by atoms with Crippen molar-refractivity contribution in [1.29, 1.82) is 0 Å². The van der Waals surface area contributed by atoms with Crippen LogP contribution in [0.4, 0.5) is 18.9 Å². The van der Waals surface area contributed by atoms with Crippen LogP contribution >= 0.6 is 0 Å². The lowest BCUT2D eigenvalue weighted by atomic mass is 9.97. The second-order valence-corrected chi connectivity index (χ2v) is 6.50. The Labute approximate surface area is 143 Å². The second-order valence-electron chi connectivity index (χ2n) is 6.50. The fourth-order valence-electron chi connectivity index (χ4n) is 3.63. The molecule has 0 saturated carbocycles. The summed E-state index contributed by atoms with van der Waals surface area (Å²) in [5.41, 5.74) is -1.20. The lowest BCUT2D eigenvalue weighted by molar-refractivity contribution is -0.951. The predicted molar refractivity (Wildman–Crippen MR) is 82.9 cm³/mol. The third-order valence-corrected chi connectivity index (χ3v) is 4.85. The number of halogens is 3. The highest BCUT2D eigenvalue weighted by Crippen LogP contribution is 2.34. The molecule has 0 bridgehead atoms. The number of amides is 1. The molecule has 2 N–H and O–H groups in total. The van der Waals surface area contributed by atoms with Crippen LogP contribution in [0.5, 0.6) is 0 Å². The number of carbonyl (C=O) groups is 2. The van der Waals surface area contributed by atoms with Crippen LogP contribution in [-0.2, 0) is 20.5 Å². The summed E-state index contributed by atoms with van der Waals surface area (Å²) >= 11 is 0. The van der Waals surface area contributed by atoms with E-state index >= 15 is 0 Å². The van der Waals surface area contributed by atoms with Gasteiger partial charge in [-0.15, -0.1) is 0 Å². The van der Waals surface area contributed by atoms with Crippen LogP contribution < -0.4 is 10.2 Å². The summed E-state index contributed by atoms with van der Waals surface area (Å²) in [5, 5.41) is 2.30. The second kappa shape index (κ2) is 7.03. The lowest BCUT2D eigenvalue weighted by Crippen LogP contribution is -3.22. The van der Waals surface area contributed by atoms with Gasteiger partial charge in [0.05, 0.1) is 24.2 Å². The number of hydrogen-bond donors (Lipinski definition) is 2. The molecule has 136 valence electrons. The van der Waals surface area contributed by atoms with Gasteiger partial charge in [-0.05, 0) is 25.0 Å². The van der Waals surface area contributed by atoms with E-state index in [2.05, 4.69) is 5.32 Å². The van der Waals surface area contributed by atoms with E-state index in [0.717, 1.165) is 36.8 Å². The Morgan fingerprint density at radius 3 is 2.80 bits per heavy atom. The Morgan fingerprint density at radius 1 is 1.28 bits per heavy atom. The number of ether oxygens (including phenoxy) is 1. The number of morpholine rings is 1. The molecule has 2 heterocycles. The van der Waals surface area contributed by atoms with Crippen LogP contribution in [0, 0.1) is 0 Å². The summed E-state index contributed by atoms with van der Waals surface area (Å²) < 4.78 is 44.2. The minimum atomic E-state index is -4.56. The van der Waals surface area contributed by atoms with Gasteiger partial charge in [-0.3, -0.25) is 4.79 Å². The third-order valence-electron chi connectivity index (χ3n) is 4.85. The highest BCUT2D eigenvalue weighted by molar-refractivity contribution is 5.94. The van der Waals surface area contributed by atoms with E-state index in [4.69, 9.17) is 4.74 Å². The van der Waals surface area contributed by atoms with E-state index in [9.17, 15) is 22.8 Å². The Hall–Kier alpha value is -2.09. The van der Waals surface area contributed by atoms with E-state index < -0.39 is 29.7 Å². The van der Waals surface area contributed by atoms with Crippen molar-refractivity contribution in [1.82, 2.24) is 0 Å². The number of rotatable bonds is 3. The minimum absolute atomic E-state index is 0.173. The smallest absolute Gasteiger partial charge is 0.418 e. The van der Waals surface area contributed by atoms with Crippen LogP contribution in [0.25, 0.3) is 0 Å². The number of esters is 1. The van der Waals surface area contributed by atoms with E-state index in [1.54, 1.807) is 0 Å². The Balaban J connectivity index is 1.71. The first-order valence-electron chi connectivity index (χ1n) is 8.34. The van der Waals surface area contributed by atoms with Crippen LogP contribution in [-0.4, -0.2) is 37.1 Å². The summed E-state index contributed by atoms with van der Waals surface area (Å²) in [5.74, 6) is -1.07. The molecule has 25 heavy (non-hydrogen) atoms. The summed E-state index contributed by atoms with van der Waals surface area (Å²) in [6, 6.07) is 4.32. The number of anilines is 1. The number of cyclic esters (lactones) is 1. The Bertz CT molecular complexity index is 663. The minimum Gasteiger partial charge on any atom is -0.455 e. The topological polar surface area (TPSA) is 59.8 Å². The lowest BCUT2D eigenvalue weighted by Gasteiger charge is -2.40. The molecule has 3 rings (SSSR count). The molecule has 0 aliphatic carbocycles. The first-order chi connectivity index (χ1) is 11.9. The van der Waals surface area contributed by atoms with Crippen LogP contribution in [0.1, 0.15) is 31.2 Å². The molecular formula is C17H20F3N2O3+. The van der Waals surface area contributed by atoms with Crippen molar-refractivity contribution < 1.29 is 32.4 Å². The predicted octanol–water partition coefficient (Wildman–Crippen LogP) is 1.40. The molecule has 0 spiro atoms. The zero-order valence-electron chi connectivity index (χ0n) is 13.6. The van der Waals surface area contributed by atoms with Gasteiger partial charge in [0, 0.05) is 6.42 Å². The highest BCUT2D eigenvalue weighted by atomic mass is 19.4. The fourth-order valence-corrected chi connectivity index (χ4v) is 3.63. The number of hydrogen-bond acceptors (Lipinski definition) is 3. The van der Waals surface area contributed by atoms with Crippen molar-refractivity contribution in [2.75, 3.05) is 18.5 Å². The van der Waals surface area contributed by atoms with Gasteiger partial charge in [0.1, 0.15) is 12.6 Å². The van der Waals surface area contributed by atoms with Crippen molar-refractivity contribution in [3.8, 4) is 0 Å². The molecule has 8 heteroatoms. The van der Waals surface area contributed by atoms with Gasteiger partial charge in [-0.2, -0.15) is 13.2 Å². The summed E-state index contributed by atoms with van der Waals surface area (Å²) in [4.78, 5) is 25.4. The Morgan fingerprint density at radius 2 is 2.04 bits per heavy atom. The normalized spacial score (nSPS) is 26.5. The maximum absolute atomic E-state index is 13.0. The molecule has 0 aromatic heterocycles. The number of para-hydroxylation sites is 1. The van der Waals surface area contributed by atoms with Gasteiger partial charge in [0.15, 0.2) is 6.04 Å². The van der Waals surface area contributed by atoms with Gasteiger partial charge in [-0.25, -0.2) is 4.79 Å². The van der Waals surface area contributed by atoms with Crippen molar-refractivity contribution in [3.05, 3.63) is 29.8 Å². The quantitative estimate of drug-likeness (QED) is 0.804. The molecule has 2 aliphatic rings. The first-order valence-corrected chi connectivity index (χ1v) is 8.34. The number of benzene rings is 1. The molecule has 1 amide bonds. The average molecular weight is 357 g/mol. The van der Waals surface area contributed by atoms with Gasteiger partial charge in [-0.1, -0.05) is 12.1 Å². The maximum Gasteiger partial charge on any atom is 0.418 e. The van der Waals surface area contributed by atoms with Crippen molar-refractivity contribution >= 4 is 17.6 Å². The number of alkyl halides is 3. The molecule has 1 aromatic rings. The highest BCUT2D eigenvalue weighted by Gasteiger charge is 2.44. The SMILES string of the molecule is O=C(C[C@H]1C(=O)OC[C@H]2CCCC[NH+]21)Nc1ccccc1C(F)(F)F. The van der Waals surface area contributed by atoms with E-state index in [1.165, 1.54) is 18.2 Å². The molecule has 2 saturated heterocycles. The zero-order chi connectivity index (χ0) is 18.0. The van der Waals surface area contributed by atoms with Crippen LogP contribution in [0.2, 0.25) is 0 Å². The van der Waals surface area contributed by atoms with Gasteiger partial charge < -0.3 is 15.0 Å². The molecule has 1 aromatic carbocycles. The molecule has 0 radical (unpaired) electrons. The largest absolute Gasteiger partial charge is 0.455 e. The number of fused-ring (bicyclic) bond motifs is 1. The van der Waals surface area contributed by atoms with Crippen LogP contribution in [0.15, 0.2) is 24.3 Å². The monoisotopic (exact) mass is 357 g/mol. The molecule has 2 aliphatic heterocycles. The van der Waals surface area contributed by atoms with E-state index in [0.29, 0.717) is 6.61 Å². The standard InChI is InChI=1S/C17H19F3N2O3/c18-17(19,20)12-6-1-2-7-13(12)21-15(23)9-14-16(24)25-10-11-5-3-4-8-22(11)14/h1-2,6-7,11,14H,3-5,8-10H2,(H,21,23)/p+1/t11-,14+/m1/s1. The summed E-state index contributed by atoms with van der Waals surface area (Å²) in [7, 11) is 0. The van der Waals surface area contributed by atoms with Gasteiger partial charge in [0.25, 0.3) is 0 Å². The van der Waals surface area contributed by atoms with Crippen molar-refractivity contribution in [2.45, 2.75) is 43.9 Å². The van der Waals surface area contributed by atoms with Crippen molar-refractivity contribution in [2.24, 2.45) is 0 Å². The number of quaternary nitrogens is 1. The maximum atomic E-state index is 13.0. The molecule has 3 atom stereocenters. The fraction of sp³-hybridized carbons (Fsp3) is 0.529. The zero-order valence-corrected chi connectivity index (χ0v) is 13.6. The molecule has 1 unspecified atom stereocenters. The molecule has 5 nitrogen and oxygen atoms in total. The van der Waals surface area contributed by atoms with Gasteiger partial charge >= 0.3 is 12.1 Å². The first kappa shape index (κ1) is 17.7. The molecule has 2 fully saturated rings. The van der Waals surface area contributed by atoms with Gasteiger partial charge in [0.2, 0.25) is 5.91 Å². The van der Waals surface area contributed by atoms with E-state index in [1.807, 2.05) is 0 Å². The van der Waals surface area contributed by atoms with Crippen LogP contribution in [0.3, 0.4) is 0 Å². The van der Waals surface area contributed by atoms with Crippen molar-refractivity contribution in [3.63, 3.8) is 0 Å². The summed E-state index contributed by atoms with van der Waals surface area (Å²) in [6.07, 6.45) is -1.79. The number of carbonyl (C=O) groups excluding carboxylic acids is 2. The number of piperidine rings is 1. The average Bonchev–Trinajstić information content (AvgIpc) is 2.57. The van der Waals surface area contributed by atoms with E-state index in [-0.39, 0.29) is 18.2 Å². The molecular weight excluding hydrogens is 337 g/mol. The number of nitrogens with one attached hydrogen (secondary N) is 2. The third kappa shape index (κ3) is 3.95. The summed E-state index contributed by atoms with van der Waals surface area (Å²) in [6.45, 7) is 1.13.